The number of hydrogen-bond acceptors (Lipinski definition) is 1. The number of aryl methyl sites for hydroxylation is 1. The second-order valence-corrected chi connectivity index (χ2v) is 3.64. The maximum absolute atomic E-state index is 6.03. The standard InChI is InChI=1S/C10H12Cl2O/c1-3-7-4-9(11)8(6-13-2)10(12)5-7/h4-5H,3,6H2,1-2H3. The van der Waals surface area contributed by atoms with Crippen molar-refractivity contribution in [3.8, 4) is 0 Å². The highest BCUT2D eigenvalue weighted by atomic mass is 35.5. The number of ether oxygens (including phenoxy) is 1. The maximum atomic E-state index is 6.03. The fraction of sp³-hybridized carbons (Fsp3) is 0.400. The molecule has 0 saturated heterocycles. The Morgan fingerprint density at radius 3 is 2.15 bits per heavy atom. The van der Waals surface area contributed by atoms with Crippen molar-refractivity contribution in [2.45, 2.75) is 20.0 Å². The Kier molecular flexibility index (Phi) is 4.04. The van der Waals surface area contributed by atoms with Gasteiger partial charge in [-0.2, -0.15) is 0 Å². The molecule has 0 atom stereocenters. The number of benzene rings is 1. The molecule has 1 aromatic carbocycles. The van der Waals surface area contributed by atoms with Gasteiger partial charge in [0, 0.05) is 22.7 Å². The Morgan fingerprint density at radius 2 is 1.77 bits per heavy atom. The van der Waals surface area contributed by atoms with Crippen LogP contribution in [0.5, 0.6) is 0 Å². The van der Waals surface area contributed by atoms with Crippen LogP contribution < -0.4 is 0 Å². The molecule has 13 heavy (non-hydrogen) atoms. The highest BCUT2D eigenvalue weighted by Crippen LogP contribution is 2.27. The van der Waals surface area contributed by atoms with Crippen molar-refractivity contribution in [1.29, 1.82) is 0 Å². The second kappa shape index (κ2) is 4.85. The molecule has 0 aromatic heterocycles. The van der Waals surface area contributed by atoms with Crippen LogP contribution in [0.4, 0.5) is 0 Å². The van der Waals surface area contributed by atoms with Gasteiger partial charge in [0.25, 0.3) is 0 Å². The molecule has 0 amide bonds. The van der Waals surface area contributed by atoms with E-state index in [4.69, 9.17) is 27.9 Å². The lowest BCUT2D eigenvalue weighted by molar-refractivity contribution is 0.185. The molecule has 0 heterocycles. The Balaban J connectivity index is 3.07. The summed E-state index contributed by atoms with van der Waals surface area (Å²) in [5, 5.41) is 1.37. The van der Waals surface area contributed by atoms with Gasteiger partial charge in [0.2, 0.25) is 0 Å². The Hall–Kier alpha value is -0.240. The van der Waals surface area contributed by atoms with Gasteiger partial charge in [0.05, 0.1) is 6.61 Å². The van der Waals surface area contributed by atoms with E-state index < -0.39 is 0 Å². The first-order valence-electron chi connectivity index (χ1n) is 4.14. The smallest absolute Gasteiger partial charge is 0.0742 e. The van der Waals surface area contributed by atoms with Crippen molar-refractivity contribution in [2.75, 3.05) is 7.11 Å². The third-order valence-corrected chi connectivity index (χ3v) is 2.57. The zero-order chi connectivity index (χ0) is 9.84. The van der Waals surface area contributed by atoms with Gasteiger partial charge in [0.15, 0.2) is 0 Å². The van der Waals surface area contributed by atoms with Gasteiger partial charge >= 0.3 is 0 Å². The van der Waals surface area contributed by atoms with Crippen molar-refractivity contribution in [2.24, 2.45) is 0 Å². The quantitative estimate of drug-likeness (QED) is 0.753. The van der Waals surface area contributed by atoms with Crippen LogP contribution in [0.2, 0.25) is 10.0 Å². The van der Waals surface area contributed by atoms with Crippen molar-refractivity contribution in [3.05, 3.63) is 33.3 Å². The van der Waals surface area contributed by atoms with Crippen LogP contribution in [0, 0.1) is 0 Å². The first-order chi connectivity index (χ1) is 6.19. The second-order valence-electron chi connectivity index (χ2n) is 2.82. The molecule has 0 aliphatic rings. The summed E-state index contributed by atoms with van der Waals surface area (Å²) in [5.74, 6) is 0. The van der Waals surface area contributed by atoms with Gasteiger partial charge in [-0.3, -0.25) is 0 Å². The molecule has 0 spiro atoms. The summed E-state index contributed by atoms with van der Waals surface area (Å²) < 4.78 is 4.99. The van der Waals surface area contributed by atoms with Gasteiger partial charge in [-0.15, -0.1) is 0 Å². The van der Waals surface area contributed by atoms with Crippen LogP contribution >= 0.6 is 23.2 Å². The van der Waals surface area contributed by atoms with E-state index in [0.29, 0.717) is 16.7 Å². The highest BCUT2D eigenvalue weighted by molar-refractivity contribution is 6.36. The molecule has 0 unspecified atom stereocenters. The lowest BCUT2D eigenvalue weighted by Crippen LogP contribution is -1.92. The maximum Gasteiger partial charge on any atom is 0.0742 e. The normalized spacial score (nSPS) is 10.5. The van der Waals surface area contributed by atoms with Crippen molar-refractivity contribution < 1.29 is 4.74 Å². The summed E-state index contributed by atoms with van der Waals surface area (Å²) >= 11 is 12.1. The Morgan fingerprint density at radius 1 is 1.23 bits per heavy atom. The lowest BCUT2D eigenvalue weighted by atomic mass is 10.1. The van der Waals surface area contributed by atoms with Crippen molar-refractivity contribution in [1.82, 2.24) is 0 Å². The predicted molar refractivity (Wildman–Crippen MR) is 56.6 cm³/mol. The van der Waals surface area contributed by atoms with E-state index in [1.54, 1.807) is 7.11 Å². The number of rotatable bonds is 3. The van der Waals surface area contributed by atoms with E-state index in [1.165, 1.54) is 0 Å². The average molecular weight is 219 g/mol. The summed E-state index contributed by atoms with van der Waals surface area (Å²) in [5.41, 5.74) is 2.01. The Bertz CT molecular complexity index is 274. The van der Waals surface area contributed by atoms with Crippen molar-refractivity contribution >= 4 is 23.2 Å². The summed E-state index contributed by atoms with van der Waals surface area (Å²) in [4.78, 5) is 0. The molecule has 0 saturated carbocycles. The molecule has 1 rings (SSSR count). The van der Waals surface area contributed by atoms with E-state index in [-0.39, 0.29) is 0 Å². The number of halogens is 2. The largest absolute Gasteiger partial charge is 0.380 e. The van der Waals surface area contributed by atoms with Gasteiger partial charge in [-0.25, -0.2) is 0 Å². The molecule has 0 N–H and O–H groups in total. The van der Waals surface area contributed by atoms with Crippen LogP contribution in [0.1, 0.15) is 18.1 Å². The molecule has 0 aliphatic heterocycles. The van der Waals surface area contributed by atoms with E-state index in [1.807, 2.05) is 12.1 Å². The fourth-order valence-electron chi connectivity index (χ4n) is 1.14. The average Bonchev–Trinajstić information content (AvgIpc) is 2.11. The summed E-state index contributed by atoms with van der Waals surface area (Å²) in [7, 11) is 1.63. The monoisotopic (exact) mass is 218 g/mol. The molecule has 0 radical (unpaired) electrons. The number of methoxy groups -OCH3 is 1. The minimum absolute atomic E-state index is 0.460. The first-order valence-corrected chi connectivity index (χ1v) is 4.90. The fourth-order valence-corrected chi connectivity index (χ4v) is 1.78. The predicted octanol–water partition coefficient (Wildman–Crippen LogP) is 3.70. The van der Waals surface area contributed by atoms with Crippen LogP contribution in [0.25, 0.3) is 0 Å². The minimum Gasteiger partial charge on any atom is -0.380 e. The molecule has 3 heteroatoms. The van der Waals surface area contributed by atoms with Gasteiger partial charge < -0.3 is 4.74 Å². The summed E-state index contributed by atoms with van der Waals surface area (Å²) in [6, 6.07) is 3.86. The molecule has 0 bridgehead atoms. The molecule has 0 fully saturated rings. The Labute approximate surface area is 88.6 Å². The lowest BCUT2D eigenvalue weighted by Gasteiger charge is -2.07. The van der Waals surface area contributed by atoms with Crippen LogP contribution in [0.15, 0.2) is 12.1 Å². The topological polar surface area (TPSA) is 9.23 Å². The van der Waals surface area contributed by atoms with Gasteiger partial charge in [-0.05, 0) is 24.1 Å². The van der Waals surface area contributed by atoms with Crippen LogP contribution in [-0.4, -0.2) is 7.11 Å². The number of hydrogen-bond donors (Lipinski definition) is 0. The van der Waals surface area contributed by atoms with E-state index in [2.05, 4.69) is 6.92 Å². The highest BCUT2D eigenvalue weighted by Gasteiger charge is 2.06. The third-order valence-electron chi connectivity index (χ3n) is 1.90. The zero-order valence-electron chi connectivity index (χ0n) is 7.73. The summed E-state index contributed by atoms with van der Waals surface area (Å²) in [6.07, 6.45) is 0.937. The van der Waals surface area contributed by atoms with Crippen molar-refractivity contribution in [3.63, 3.8) is 0 Å². The third kappa shape index (κ3) is 2.60. The van der Waals surface area contributed by atoms with Crippen LogP contribution in [0.3, 0.4) is 0 Å². The molecular weight excluding hydrogens is 207 g/mol. The first kappa shape index (κ1) is 10.8. The summed E-state index contributed by atoms with van der Waals surface area (Å²) in [6.45, 7) is 2.53. The van der Waals surface area contributed by atoms with Crippen LogP contribution in [-0.2, 0) is 17.8 Å². The SMILES string of the molecule is CCc1cc(Cl)c(COC)c(Cl)c1. The van der Waals surface area contributed by atoms with E-state index in [9.17, 15) is 0 Å². The van der Waals surface area contributed by atoms with Gasteiger partial charge in [0.1, 0.15) is 0 Å². The molecule has 72 valence electrons. The van der Waals surface area contributed by atoms with E-state index in [0.717, 1.165) is 17.5 Å². The molecular formula is C10H12Cl2O. The molecule has 1 nitrogen and oxygen atoms in total. The zero-order valence-corrected chi connectivity index (χ0v) is 9.24. The van der Waals surface area contributed by atoms with Gasteiger partial charge in [-0.1, -0.05) is 30.1 Å². The molecule has 0 aliphatic carbocycles. The molecule has 1 aromatic rings. The minimum atomic E-state index is 0.460. The van der Waals surface area contributed by atoms with E-state index >= 15 is 0 Å².